The first kappa shape index (κ1) is 21.3. The molecule has 2 fully saturated rings. The first-order valence-electron chi connectivity index (χ1n) is 10.8. The Bertz CT molecular complexity index is 947. The van der Waals surface area contributed by atoms with Gasteiger partial charge >= 0.3 is 6.01 Å². The Labute approximate surface area is 178 Å². The van der Waals surface area contributed by atoms with Gasteiger partial charge in [-0.25, -0.2) is 8.42 Å². The van der Waals surface area contributed by atoms with Crippen molar-refractivity contribution in [3.05, 3.63) is 35.7 Å². The Morgan fingerprint density at radius 1 is 1.20 bits per heavy atom. The molecule has 4 rings (SSSR count). The van der Waals surface area contributed by atoms with E-state index in [0.29, 0.717) is 23.4 Å². The van der Waals surface area contributed by atoms with Gasteiger partial charge in [0.15, 0.2) is 15.7 Å². The van der Waals surface area contributed by atoms with Crippen molar-refractivity contribution in [2.45, 2.75) is 50.5 Å². The fourth-order valence-electron chi connectivity index (χ4n) is 4.31. The molecule has 0 radical (unpaired) electrons. The van der Waals surface area contributed by atoms with Gasteiger partial charge in [-0.1, -0.05) is 31.1 Å². The number of nitrogens with zero attached hydrogens (tertiary/aromatic N) is 3. The Kier molecular flexibility index (Phi) is 6.16. The SMILES string of the molecule is CC(C)c1noc(N2CCC([C@H]3C[C@H]3COCc3ccc(S(C)(=O)=O)cc3)CC2)n1. The molecule has 0 spiro atoms. The summed E-state index contributed by atoms with van der Waals surface area (Å²) in [6, 6.07) is 7.62. The summed E-state index contributed by atoms with van der Waals surface area (Å²) in [6.45, 7) is 7.39. The molecule has 164 valence electrons. The Balaban J connectivity index is 1.18. The van der Waals surface area contributed by atoms with Crippen molar-refractivity contribution in [2.24, 2.45) is 17.8 Å². The topological polar surface area (TPSA) is 85.5 Å². The molecule has 2 heterocycles. The molecule has 1 saturated carbocycles. The van der Waals surface area contributed by atoms with Crippen LogP contribution in [-0.2, 0) is 21.2 Å². The summed E-state index contributed by atoms with van der Waals surface area (Å²) in [5.74, 6) is 3.21. The molecule has 30 heavy (non-hydrogen) atoms. The van der Waals surface area contributed by atoms with Gasteiger partial charge in [-0.3, -0.25) is 0 Å². The lowest BCUT2D eigenvalue weighted by molar-refractivity contribution is 0.104. The van der Waals surface area contributed by atoms with Crippen LogP contribution < -0.4 is 4.90 Å². The van der Waals surface area contributed by atoms with Crippen molar-refractivity contribution in [2.75, 3.05) is 30.9 Å². The van der Waals surface area contributed by atoms with Crippen LogP contribution in [-0.4, -0.2) is 44.5 Å². The molecule has 1 saturated heterocycles. The molecule has 2 aromatic rings. The molecule has 1 aliphatic heterocycles. The molecular formula is C22H31N3O4S. The Hall–Kier alpha value is -1.93. The molecule has 0 N–H and O–H groups in total. The highest BCUT2D eigenvalue weighted by Gasteiger charge is 2.43. The van der Waals surface area contributed by atoms with Gasteiger partial charge in [-0.05, 0) is 54.7 Å². The number of benzene rings is 1. The lowest BCUT2D eigenvalue weighted by atomic mass is 9.91. The van der Waals surface area contributed by atoms with E-state index in [0.717, 1.165) is 55.8 Å². The summed E-state index contributed by atoms with van der Waals surface area (Å²) in [5, 5.41) is 4.07. The van der Waals surface area contributed by atoms with Crippen molar-refractivity contribution in [1.82, 2.24) is 10.1 Å². The average molecular weight is 434 g/mol. The van der Waals surface area contributed by atoms with Gasteiger partial charge in [0.2, 0.25) is 0 Å². The van der Waals surface area contributed by atoms with Crippen LogP contribution in [0.15, 0.2) is 33.7 Å². The lowest BCUT2D eigenvalue weighted by Gasteiger charge is -2.30. The van der Waals surface area contributed by atoms with Crippen LogP contribution in [0.1, 0.15) is 50.4 Å². The minimum atomic E-state index is -3.15. The molecule has 1 aliphatic carbocycles. The molecule has 1 aromatic carbocycles. The predicted octanol–water partition coefficient (Wildman–Crippen LogP) is 3.67. The van der Waals surface area contributed by atoms with Gasteiger partial charge in [0, 0.05) is 25.3 Å². The van der Waals surface area contributed by atoms with Crippen LogP contribution in [0.3, 0.4) is 0 Å². The van der Waals surface area contributed by atoms with E-state index in [4.69, 9.17) is 9.26 Å². The third kappa shape index (κ3) is 5.03. The first-order valence-corrected chi connectivity index (χ1v) is 12.7. The maximum absolute atomic E-state index is 11.5. The van der Waals surface area contributed by atoms with Gasteiger partial charge in [0.05, 0.1) is 18.1 Å². The second kappa shape index (κ2) is 8.67. The minimum absolute atomic E-state index is 0.282. The van der Waals surface area contributed by atoms with Gasteiger partial charge in [0.25, 0.3) is 0 Å². The van der Waals surface area contributed by atoms with E-state index in [9.17, 15) is 8.42 Å². The third-order valence-electron chi connectivity index (χ3n) is 6.29. The fourth-order valence-corrected chi connectivity index (χ4v) is 4.94. The molecular weight excluding hydrogens is 402 g/mol. The van der Waals surface area contributed by atoms with Gasteiger partial charge < -0.3 is 14.2 Å². The third-order valence-corrected chi connectivity index (χ3v) is 7.42. The highest BCUT2D eigenvalue weighted by Crippen LogP contribution is 2.48. The zero-order valence-electron chi connectivity index (χ0n) is 18.0. The number of aromatic nitrogens is 2. The summed E-state index contributed by atoms with van der Waals surface area (Å²) < 4.78 is 34.4. The van der Waals surface area contributed by atoms with Crippen LogP contribution in [0, 0.1) is 17.8 Å². The maximum atomic E-state index is 11.5. The Morgan fingerprint density at radius 3 is 2.50 bits per heavy atom. The number of hydrogen-bond acceptors (Lipinski definition) is 7. The zero-order valence-corrected chi connectivity index (χ0v) is 18.8. The van der Waals surface area contributed by atoms with Gasteiger partial charge in [-0.15, -0.1) is 0 Å². The van der Waals surface area contributed by atoms with E-state index >= 15 is 0 Å². The molecule has 0 amide bonds. The van der Waals surface area contributed by atoms with Crippen LogP contribution in [0.2, 0.25) is 0 Å². The molecule has 8 heteroatoms. The molecule has 0 bridgehead atoms. The van der Waals surface area contributed by atoms with Crippen molar-refractivity contribution in [1.29, 1.82) is 0 Å². The first-order chi connectivity index (χ1) is 14.3. The minimum Gasteiger partial charge on any atom is -0.376 e. The van der Waals surface area contributed by atoms with Gasteiger partial charge in [0.1, 0.15) is 0 Å². The molecule has 0 unspecified atom stereocenters. The second-order valence-electron chi connectivity index (χ2n) is 9.01. The number of ether oxygens (including phenoxy) is 1. The maximum Gasteiger partial charge on any atom is 0.324 e. The van der Waals surface area contributed by atoms with Crippen molar-refractivity contribution in [3.8, 4) is 0 Å². The second-order valence-corrected chi connectivity index (χ2v) is 11.0. The van der Waals surface area contributed by atoms with E-state index in [2.05, 4.69) is 28.9 Å². The Morgan fingerprint density at radius 2 is 1.90 bits per heavy atom. The largest absolute Gasteiger partial charge is 0.376 e. The van der Waals surface area contributed by atoms with E-state index in [-0.39, 0.29) is 5.92 Å². The highest BCUT2D eigenvalue weighted by atomic mass is 32.2. The highest BCUT2D eigenvalue weighted by molar-refractivity contribution is 7.90. The van der Waals surface area contributed by atoms with E-state index < -0.39 is 9.84 Å². The van der Waals surface area contributed by atoms with Crippen LogP contribution in [0.4, 0.5) is 6.01 Å². The number of piperidine rings is 1. The quantitative estimate of drug-likeness (QED) is 0.628. The summed E-state index contributed by atoms with van der Waals surface area (Å²) in [4.78, 5) is 7.08. The van der Waals surface area contributed by atoms with E-state index in [1.165, 1.54) is 12.7 Å². The fraction of sp³-hybridized carbons (Fsp3) is 0.636. The average Bonchev–Trinajstić information content (AvgIpc) is 3.30. The molecule has 2 aliphatic rings. The number of anilines is 1. The number of hydrogen-bond donors (Lipinski definition) is 0. The van der Waals surface area contributed by atoms with Crippen LogP contribution in [0.5, 0.6) is 0 Å². The van der Waals surface area contributed by atoms with Crippen molar-refractivity contribution in [3.63, 3.8) is 0 Å². The smallest absolute Gasteiger partial charge is 0.324 e. The molecule has 1 aromatic heterocycles. The lowest BCUT2D eigenvalue weighted by Crippen LogP contribution is -2.34. The normalized spacial score (nSPS) is 22.6. The summed E-state index contributed by atoms with van der Waals surface area (Å²) >= 11 is 0. The van der Waals surface area contributed by atoms with E-state index in [1.807, 2.05) is 12.1 Å². The van der Waals surface area contributed by atoms with Crippen LogP contribution >= 0.6 is 0 Å². The van der Waals surface area contributed by atoms with Crippen molar-refractivity contribution < 1.29 is 17.7 Å². The zero-order chi connectivity index (χ0) is 21.3. The summed E-state index contributed by atoms with van der Waals surface area (Å²) in [6.07, 6.45) is 4.79. The van der Waals surface area contributed by atoms with Gasteiger partial charge in [-0.2, -0.15) is 4.98 Å². The molecule has 2 atom stereocenters. The number of sulfone groups is 1. The number of rotatable bonds is 8. The standard InChI is InChI=1S/C22H31N3O4S/c1-15(2)21-23-22(29-24-21)25-10-8-17(9-11-25)20-12-18(20)14-28-13-16-4-6-19(7-5-16)30(3,26)27/h4-7,15,17-18,20H,8-14H2,1-3H3/t18-,20+/m0/s1. The van der Waals surface area contributed by atoms with Crippen molar-refractivity contribution >= 4 is 15.9 Å². The summed E-state index contributed by atoms with van der Waals surface area (Å²) in [5.41, 5.74) is 1.01. The van der Waals surface area contributed by atoms with Crippen LogP contribution in [0.25, 0.3) is 0 Å². The monoisotopic (exact) mass is 433 g/mol. The van der Waals surface area contributed by atoms with E-state index in [1.54, 1.807) is 12.1 Å². The summed E-state index contributed by atoms with van der Waals surface area (Å²) in [7, 11) is -3.15. The molecule has 7 nitrogen and oxygen atoms in total. The predicted molar refractivity (Wildman–Crippen MR) is 114 cm³/mol.